The monoisotopic (exact) mass is 488 g/mol. The van der Waals surface area contributed by atoms with Crippen LogP contribution in [-0.4, -0.2) is 5.78 Å². The van der Waals surface area contributed by atoms with E-state index in [9.17, 15) is 9.90 Å². The summed E-state index contributed by atoms with van der Waals surface area (Å²) in [6, 6.07) is 4.00. The lowest BCUT2D eigenvalue weighted by Crippen LogP contribution is -2.29. The van der Waals surface area contributed by atoms with Gasteiger partial charge in [-0.3, -0.25) is 4.79 Å². The normalized spacial score (nSPS) is 16.2. The summed E-state index contributed by atoms with van der Waals surface area (Å²) >= 11 is 3.39. The molecule has 184 valence electrons. The van der Waals surface area contributed by atoms with Crippen LogP contribution < -0.4 is 5.11 Å². The van der Waals surface area contributed by atoms with E-state index >= 15 is 0 Å². The first-order valence-corrected chi connectivity index (χ1v) is 11.9. The lowest BCUT2D eigenvalue weighted by atomic mass is 9.85. The molecule has 4 heteroatoms. The molecule has 0 spiro atoms. The molecule has 2 heterocycles. The third-order valence-corrected chi connectivity index (χ3v) is 6.54. The van der Waals surface area contributed by atoms with Gasteiger partial charge in [0.1, 0.15) is 0 Å². The van der Waals surface area contributed by atoms with Gasteiger partial charge in [-0.05, 0) is 64.5 Å². The highest BCUT2D eigenvalue weighted by Gasteiger charge is 2.26. The van der Waals surface area contributed by atoms with E-state index in [0.717, 1.165) is 30.7 Å². The highest BCUT2D eigenvalue weighted by molar-refractivity contribution is 8.06. The highest BCUT2D eigenvalue weighted by Crippen LogP contribution is 2.35. The van der Waals surface area contributed by atoms with Gasteiger partial charge in [0.2, 0.25) is 21.1 Å². The third kappa shape index (κ3) is 9.85. The molecule has 0 bridgehead atoms. The first kappa shape index (κ1) is 33.3. The van der Waals surface area contributed by atoms with Gasteiger partial charge in [-0.25, -0.2) is 0 Å². The van der Waals surface area contributed by atoms with Crippen molar-refractivity contribution in [1.29, 1.82) is 0 Å². The number of carbonyl (C=O) groups is 1. The predicted molar refractivity (Wildman–Crippen MR) is 151 cm³/mol. The van der Waals surface area contributed by atoms with Gasteiger partial charge < -0.3 is 5.11 Å². The molecular formula is C29H44O2S2. The van der Waals surface area contributed by atoms with Gasteiger partial charge in [0, 0.05) is 37.1 Å². The van der Waals surface area contributed by atoms with Gasteiger partial charge in [-0.15, -0.1) is 0 Å². The van der Waals surface area contributed by atoms with Gasteiger partial charge >= 0.3 is 0 Å². The molecule has 0 unspecified atom stereocenters. The van der Waals surface area contributed by atoms with Crippen LogP contribution in [0.2, 0.25) is 0 Å². The molecule has 0 N–H and O–H groups in total. The molecule has 0 saturated heterocycles. The van der Waals surface area contributed by atoms with Crippen LogP contribution in [0.3, 0.4) is 0 Å². The fraction of sp³-hybridized carbons (Fsp3) is 0.448. The van der Waals surface area contributed by atoms with Gasteiger partial charge in [-0.1, -0.05) is 73.9 Å². The standard InChI is InChI=1S/C20H18O2S2.C6H14.3CH4/c1-11-5-15(6-12(2)23-11)9-17-19(21)18(20(17)22)10-16-7-13(3)24-14(4)8-16;1-5-6(2,3)4;;;/h5-10H,1-4H3;5H2,1-4H3;3*1H4. The molecule has 2 nitrogen and oxygen atoms in total. The summed E-state index contributed by atoms with van der Waals surface area (Å²) in [5, 5.41) is 12.4. The zero-order valence-electron chi connectivity index (χ0n) is 19.3. The Bertz CT molecular complexity index is 957. The van der Waals surface area contributed by atoms with Crippen molar-refractivity contribution in [2.75, 3.05) is 0 Å². The molecule has 1 aliphatic heterocycles. The molecule has 2 aliphatic rings. The maximum absolute atomic E-state index is 12.4. The minimum Gasteiger partial charge on any atom is -0.871 e. The Balaban J connectivity index is 0. The van der Waals surface area contributed by atoms with E-state index in [1.807, 2.05) is 52.0 Å². The largest absolute Gasteiger partial charge is 0.871 e. The number of carbonyl (C=O) groups excluding carboxylic acids is 1. The van der Waals surface area contributed by atoms with Crippen molar-refractivity contribution in [1.82, 2.24) is 0 Å². The summed E-state index contributed by atoms with van der Waals surface area (Å²) in [5.74, 6) is -0.323. The number of thioether (sulfide) groups is 1. The van der Waals surface area contributed by atoms with Crippen molar-refractivity contribution in [2.24, 2.45) is 5.41 Å². The molecule has 33 heavy (non-hydrogen) atoms. The Labute approximate surface area is 211 Å². The van der Waals surface area contributed by atoms with Crippen molar-refractivity contribution in [2.45, 2.75) is 84.1 Å². The summed E-state index contributed by atoms with van der Waals surface area (Å²) in [6.07, 6.45) is 8.68. The molecule has 1 aromatic rings. The van der Waals surface area contributed by atoms with E-state index in [0.29, 0.717) is 5.41 Å². The average molecular weight is 489 g/mol. The van der Waals surface area contributed by atoms with Crippen molar-refractivity contribution in [3.63, 3.8) is 0 Å². The molecular weight excluding hydrogens is 444 g/mol. The summed E-state index contributed by atoms with van der Waals surface area (Å²) in [4.78, 5) is 17.0. The van der Waals surface area contributed by atoms with E-state index in [1.165, 1.54) is 6.42 Å². The van der Waals surface area contributed by atoms with Crippen LogP contribution in [-0.2, 0) is 4.79 Å². The second kappa shape index (κ2) is 13.7. The average Bonchev–Trinajstić information content (AvgIpc) is 2.62. The third-order valence-electron chi connectivity index (χ3n) is 4.78. The zero-order valence-corrected chi connectivity index (χ0v) is 20.9. The lowest BCUT2D eigenvalue weighted by molar-refractivity contribution is -0.300. The molecule has 0 saturated carbocycles. The van der Waals surface area contributed by atoms with Gasteiger partial charge in [0.25, 0.3) is 0 Å². The predicted octanol–water partition coefficient (Wildman–Crippen LogP) is 9.06. The number of rotatable bonds is 2. The molecule has 0 amide bonds. The molecule has 3 rings (SSSR count). The Morgan fingerprint density at radius 1 is 0.939 bits per heavy atom. The molecule has 0 radical (unpaired) electrons. The number of hydrogen-bond donors (Lipinski definition) is 0. The molecule has 1 aliphatic carbocycles. The van der Waals surface area contributed by atoms with E-state index in [4.69, 9.17) is 0 Å². The summed E-state index contributed by atoms with van der Waals surface area (Å²) in [7, 11) is 0. The van der Waals surface area contributed by atoms with Crippen LogP contribution >= 0.6 is 23.1 Å². The SMILES string of the molecule is C.C.C.CC1=CC(=CC2=C([O-])/C(=C/c3cc(C)[s+]c(C)c3)C2=O)C=C(C)S1.CCC(C)(C)C. The maximum Gasteiger partial charge on any atom is 0.217 e. The van der Waals surface area contributed by atoms with E-state index in [-0.39, 0.29) is 45.0 Å². The second-order valence-corrected chi connectivity index (χ2v) is 11.9. The van der Waals surface area contributed by atoms with E-state index in [2.05, 4.69) is 27.7 Å². The van der Waals surface area contributed by atoms with Crippen LogP contribution in [0, 0.1) is 19.3 Å². The zero-order chi connectivity index (χ0) is 22.6. The smallest absolute Gasteiger partial charge is 0.217 e. The molecule has 0 atom stereocenters. The second-order valence-electron chi connectivity index (χ2n) is 8.91. The minimum atomic E-state index is -0.161. The van der Waals surface area contributed by atoms with Crippen molar-refractivity contribution < 1.29 is 9.90 Å². The van der Waals surface area contributed by atoms with Crippen LogP contribution in [0.5, 0.6) is 0 Å². The van der Waals surface area contributed by atoms with Crippen LogP contribution in [0.4, 0.5) is 0 Å². The van der Waals surface area contributed by atoms with Crippen LogP contribution in [0.15, 0.2) is 62.6 Å². The van der Waals surface area contributed by atoms with Crippen LogP contribution in [0.25, 0.3) is 6.08 Å². The molecule has 0 fully saturated rings. The fourth-order valence-corrected chi connectivity index (χ4v) is 4.64. The topological polar surface area (TPSA) is 40.1 Å². The minimum absolute atomic E-state index is 0. The number of allylic oxidation sites excluding steroid dienone is 8. The van der Waals surface area contributed by atoms with E-state index in [1.54, 1.807) is 35.3 Å². The molecule has 1 aromatic heterocycles. The van der Waals surface area contributed by atoms with Crippen molar-refractivity contribution in [3.8, 4) is 0 Å². The lowest BCUT2D eigenvalue weighted by Gasteiger charge is -2.29. The van der Waals surface area contributed by atoms with Gasteiger partial charge in [0.05, 0.1) is 0 Å². The summed E-state index contributed by atoms with van der Waals surface area (Å²) < 4.78 is 0. The Morgan fingerprint density at radius 2 is 1.39 bits per heavy atom. The Hall–Kier alpha value is -1.91. The Morgan fingerprint density at radius 3 is 1.79 bits per heavy atom. The van der Waals surface area contributed by atoms with Crippen molar-refractivity contribution >= 4 is 35.0 Å². The number of Topliss-reactive ketones (excluding diaryl/α,β-unsaturated/α-hetero) is 1. The number of ketones is 1. The van der Waals surface area contributed by atoms with Crippen molar-refractivity contribution in [3.05, 3.63) is 78.0 Å². The highest BCUT2D eigenvalue weighted by atomic mass is 32.2. The summed E-state index contributed by atoms with van der Waals surface area (Å²) in [5.41, 5.74) is 2.92. The number of hydrogen-bond acceptors (Lipinski definition) is 3. The fourth-order valence-electron chi connectivity index (χ4n) is 2.84. The maximum atomic E-state index is 12.4. The Kier molecular flexibility index (Phi) is 13.8. The van der Waals surface area contributed by atoms with Crippen LogP contribution in [0.1, 0.15) is 85.6 Å². The quantitative estimate of drug-likeness (QED) is 0.308. The first-order valence-electron chi connectivity index (χ1n) is 10.2. The summed E-state index contributed by atoms with van der Waals surface area (Å²) in [6.45, 7) is 17.0. The molecule has 0 aromatic carbocycles. The first-order chi connectivity index (χ1) is 13.9. The number of aryl methyl sites for hydroxylation is 2. The van der Waals surface area contributed by atoms with E-state index < -0.39 is 0 Å². The van der Waals surface area contributed by atoms with Gasteiger partial charge in [0.15, 0.2) is 5.78 Å². The van der Waals surface area contributed by atoms with Gasteiger partial charge in [-0.2, -0.15) is 0 Å².